The Morgan fingerprint density at radius 1 is 1.38 bits per heavy atom. The Hall–Kier alpha value is -1.93. The Morgan fingerprint density at radius 3 is 2.73 bits per heavy atom. The highest BCUT2D eigenvalue weighted by Crippen LogP contribution is 2.30. The van der Waals surface area contributed by atoms with Crippen molar-refractivity contribution in [2.75, 3.05) is 26.2 Å². The van der Waals surface area contributed by atoms with Gasteiger partial charge in [0.05, 0.1) is 12.2 Å². The van der Waals surface area contributed by atoms with E-state index < -0.39 is 5.03 Å². The number of nitro groups is 1. The third-order valence-electron chi connectivity index (χ3n) is 4.61. The molecule has 1 atom stereocenters. The Labute approximate surface area is 161 Å². The molecule has 0 radical (unpaired) electrons. The smallest absolute Gasteiger partial charge is 0.278 e. The van der Waals surface area contributed by atoms with E-state index in [4.69, 9.17) is 4.74 Å². The molecule has 0 aromatic heterocycles. The van der Waals surface area contributed by atoms with Gasteiger partial charge < -0.3 is 14.5 Å². The summed E-state index contributed by atoms with van der Waals surface area (Å²) in [7, 11) is 0. The lowest BCUT2D eigenvalue weighted by Crippen LogP contribution is -2.35. The molecule has 0 saturated carbocycles. The van der Waals surface area contributed by atoms with Crippen molar-refractivity contribution in [1.29, 1.82) is 0 Å². The van der Waals surface area contributed by atoms with Crippen molar-refractivity contribution >= 4 is 28.0 Å². The van der Waals surface area contributed by atoms with E-state index in [1.807, 2.05) is 46.3 Å². The van der Waals surface area contributed by atoms with Crippen LogP contribution in [0.1, 0.15) is 25.8 Å². The van der Waals surface area contributed by atoms with Gasteiger partial charge in [-0.15, -0.1) is 0 Å². The second kappa shape index (κ2) is 7.75. The summed E-state index contributed by atoms with van der Waals surface area (Å²) in [6, 6.07) is 7.89. The fourth-order valence-electron chi connectivity index (χ4n) is 3.45. The molecule has 8 heteroatoms. The van der Waals surface area contributed by atoms with Gasteiger partial charge in [-0.2, -0.15) is 0 Å². The lowest BCUT2D eigenvalue weighted by Gasteiger charge is -2.22. The number of hydrazone groups is 1. The normalized spacial score (nSPS) is 24.1. The van der Waals surface area contributed by atoms with Crippen LogP contribution in [0.4, 0.5) is 0 Å². The zero-order valence-electron chi connectivity index (χ0n) is 15.0. The van der Waals surface area contributed by atoms with Crippen LogP contribution in [-0.2, 0) is 4.74 Å². The van der Waals surface area contributed by atoms with Crippen molar-refractivity contribution in [2.45, 2.75) is 25.9 Å². The van der Waals surface area contributed by atoms with E-state index in [-0.39, 0.29) is 5.60 Å². The van der Waals surface area contributed by atoms with Crippen molar-refractivity contribution in [3.05, 3.63) is 50.6 Å². The molecule has 2 aliphatic rings. The van der Waals surface area contributed by atoms with Crippen LogP contribution in [0, 0.1) is 16.0 Å². The minimum Gasteiger partial charge on any atom is -0.375 e. The maximum absolute atomic E-state index is 11.0. The van der Waals surface area contributed by atoms with Crippen LogP contribution >= 0.6 is 15.9 Å². The summed E-state index contributed by atoms with van der Waals surface area (Å²) < 4.78 is 6.80. The van der Waals surface area contributed by atoms with Gasteiger partial charge in [0.25, 0.3) is 5.96 Å². The first-order valence-corrected chi connectivity index (χ1v) is 9.44. The fourth-order valence-corrected chi connectivity index (χ4v) is 3.72. The van der Waals surface area contributed by atoms with E-state index in [9.17, 15) is 10.1 Å². The molecule has 1 aromatic carbocycles. The monoisotopic (exact) mass is 422 g/mol. The van der Waals surface area contributed by atoms with Crippen LogP contribution in [0.3, 0.4) is 0 Å². The maximum atomic E-state index is 11.0. The number of guanidine groups is 1. The lowest BCUT2D eigenvalue weighted by molar-refractivity contribution is -0.486. The lowest BCUT2D eigenvalue weighted by atomic mass is 9.97. The number of hydrogen-bond donors (Lipinski definition) is 0. The molecule has 2 aliphatic heterocycles. The first-order chi connectivity index (χ1) is 12.3. The van der Waals surface area contributed by atoms with Gasteiger partial charge in [0.1, 0.15) is 5.10 Å². The molecule has 26 heavy (non-hydrogen) atoms. The van der Waals surface area contributed by atoms with E-state index in [0.29, 0.717) is 31.6 Å². The number of rotatable bonds is 5. The average Bonchev–Trinajstić information content (AvgIpc) is 3.10. The molecule has 0 spiro atoms. The van der Waals surface area contributed by atoms with E-state index in [2.05, 4.69) is 34.9 Å². The summed E-state index contributed by atoms with van der Waals surface area (Å²) in [4.78, 5) is 14.8. The van der Waals surface area contributed by atoms with Crippen molar-refractivity contribution < 1.29 is 9.77 Å². The summed E-state index contributed by atoms with van der Waals surface area (Å²) in [5, 5.41) is 14.0. The average molecular weight is 423 g/mol. The van der Waals surface area contributed by atoms with Gasteiger partial charge in [0, 0.05) is 36.2 Å². The Bertz CT molecular complexity index is 718. The molecule has 0 bridgehead atoms. The highest BCUT2D eigenvalue weighted by molar-refractivity contribution is 9.10. The molecular formula is C18H23BrN4O3. The summed E-state index contributed by atoms with van der Waals surface area (Å²) in [6.07, 6.45) is 4.75. The molecule has 0 aliphatic carbocycles. The van der Waals surface area contributed by atoms with Crippen LogP contribution in [0.25, 0.3) is 6.08 Å². The van der Waals surface area contributed by atoms with Gasteiger partial charge in [-0.05, 0) is 44.0 Å². The first kappa shape index (κ1) is 18.8. The molecule has 0 N–H and O–H groups in total. The van der Waals surface area contributed by atoms with Gasteiger partial charge in [-0.25, -0.2) is 10.1 Å². The zero-order valence-corrected chi connectivity index (χ0v) is 16.6. The third-order valence-corrected chi connectivity index (χ3v) is 5.14. The van der Waals surface area contributed by atoms with E-state index in [1.54, 1.807) is 0 Å². The number of halogens is 1. The van der Waals surface area contributed by atoms with Crippen LogP contribution < -0.4 is 0 Å². The number of hydrogen-bond acceptors (Lipinski definition) is 3. The number of ether oxygens (including phenoxy) is 1. The van der Waals surface area contributed by atoms with Gasteiger partial charge in [-0.1, -0.05) is 28.1 Å². The van der Waals surface area contributed by atoms with E-state index >= 15 is 0 Å². The molecule has 2 saturated heterocycles. The molecule has 1 unspecified atom stereocenters. The predicted molar refractivity (Wildman–Crippen MR) is 104 cm³/mol. The third kappa shape index (κ3) is 4.82. The molecule has 3 rings (SSSR count). The summed E-state index contributed by atoms with van der Waals surface area (Å²) in [5.74, 6) is 0.755. The zero-order chi connectivity index (χ0) is 18.7. The van der Waals surface area contributed by atoms with Crippen LogP contribution in [0.15, 0.2) is 40.0 Å². The highest BCUT2D eigenvalue weighted by atomic mass is 79.9. The predicted octanol–water partition coefficient (Wildman–Crippen LogP) is 3.40. The molecule has 1 aromatic rings. The molecule has 7 nitrogen and oxygen atoms in total. The maximum Gasteiger partial charge on any atom is 0.278 e. The standard InChI is InChI=1S/C18H23BrN4O3/c1-18(2)11-15(13-26-18)12-22-10-9-21(17(22)20-23(24)25)8-7-14-3-5-16(19)6-4-14/h3-8,15H,9-13H2,1-2H3. The Morgan fingerprint density at radius 2 is 2.12 bits per heavy atom. The van der Waals surface area contributed by atoms with Gasteiger partial charge in [-0.3, -0.25) is 0 Å². The van der Waals surface area contributed by atoms with Crippen molar-refractivity contribution in [2.24, 2.45) is 11.0 Å². The van der Waals surface area contributed by atoms with Crippen molar-refractivity contribution in [3.8, 4) is 0 Å². The first-order valence-electron chi connectivity index (χ1n) is 8.65. The summed E-state index contributed by atoms with van der Waals surface area (Å²) in [5.41, 5.74) is 0.907. The minimum atomic E-state index is -0.622. The van der Waals surface area contributed by atoms with Crippen LogP contribution in [0.5, 0.6) is 0 Å². The van der Waals surface area contributed by atoms with E-state index in [0.717, 1.165) is 23.0 Å². The molecule has 0 amide bonds. The highest BCUT2D eigenvalue weighted by Gasteiger charge is 2.36. The minimum absolute atomic E-state index is 0.119. The van der Waals surface area contributed by atoms with Gasteiger partial charge in [0.15, 0.2) is 5.03 Å². The molecule has 2 heterocycles. The Balaban J connectivity index is 1.70. The quantitative estimate of drug-likeness (QED) is 0.536. The fraction of sp³-hybridized carbons (Fsp3) is 0.500. The SMILES string of the molecule is CC1(C)CC(CN2CCN(C=Cc3ccc(Br)cc3)C2=N[N+](=O)[O-])CO1. The largest absolute Gasteiger partial charge is 0.375 e. The molecule has 2 fully saturated rings. The number of benzene rings is 1. The molecule has 140 valence electrons. The number of nitrogens with zero attached hydrogens (tertiary/aromatic N) is 4. The summed E-state index contributed by atoms with van der Waals surface area (Å²) >= 11 is 3.41. The molecular weight excluding hydrogens is 400 g/mol. The van der Waals surface area contributed by atoms with Crippen LogP contribution in [-0.4, -0.2) is 52.6 Å². The van der Waals surface area contributed by atoms with Crippen molar-refractivity contribution in [1.82, 2.24) is 9.80 Å². The summed E-state index contributed by atoms with van der Waals surface area (Å²) in [6.45, 7) is 6.96. The second-order valence-corrected chi connectivity index (χ2v) is 8.20. The van der Waals surface area contributed by atoms with Crippen molar-refractivity contribution in [3.63, 3.8) is 0 Å². The second-order valence-electron chi connectivity index (χ2n) is 7.29. The van der Waals surface area contributed by atoms with E-state index in [1.165, 1.54) is 0 Å². The topological polar surface area (TPSA) is 71.2 Å². The van der Waals surface area contributed by atoms with Gasteiger partial charge in [0.2, 0.25) is 0 Å². The Kier molecular flexibility index (Phi) is 5.62. The van der Waals surface area contributed by atoms with Gasteiger partial charge >= 0.3 is 0 Å². The van der Waals surface area contributed by atoms with Crippen LogP contribution in [0.2, 0.25) is 0 Å².